The molecule has 1 saturated heterocycles. The van der Waals surface area contributed by atoms with Crippen molar-refractivity contribution < 1.29 is 9.53 Å². The number of ether oxygens (including phenoxy) is 1. The fourth-order valence-electron chi connectivity index (χ4n) is 4.26. The van der Waals surface area contributed by atoms with Crippen molar-refractivity contribution in [3.05, 3.63) is 65.4 Å². The van der Waals surface area contributed by atoms with Gasteiger partial charge < -0.3 is 14.2 Å². The molecular weight excluding hydrogens is 336 g/mol. The van der Waals surface area contributed by atoms with E-state index in [-0.39, 0.29) is 5.78 Å². The summed E-state index contributed by atoms with van der Waals surface area (Å²) >= 11 is 0. The van der Waals surface area contributed by atoms with Crippen molar-refractivity contribution in [1.82, 2.24) is 9.47 Å². The topological polar surface area (TPSA) is 34.5 Å². The summed E-state index contributed by atoms with van der Waals surface area (Å²) in [6.45, 7) is 4.16. The molecule has 0 unspecified atom stereocenters. The number of carbonyl (C=O) groups excluding carboxylic acids is 1. The van der Waals surface area contributed by atoms with Gasteiger partial charge in [0.05, 0.1) is 12.7 Å². The van der Waals surface area contributed by atoms with Crippen LogP contribution in [0.15, 0.2) is 48.5 Å². The van der Waals surface area contributed by atoms with Crippen LogP contribution in [-0.2, 0) is 6.54 Å². The standard InChI is InChI=1S/C23H26N2O2/c1-16-22(23(26)17-10-12-19(27-3)13-11-17)20-8-4-5-9-21(20)25(16)15-18-7-6-14-24(18)2/h4-5,8-13,18H,6-7,14-15H2,1-3H3/t18-/m1/s1. The average molecular weight is 362 g/mol. The van der Waals surface area contributed by atoms with Crippen LogP contribution in [0, 0.1) is 6.92 Å². The van der Waals surface area contributed by atoms with Crippen molar-refractivity contribution in [2.24, 2.45) is 0 Å². The summed E-state index contributed by atoms with van der Waals surface area (Å²) in [6.07, 6.45) is 2.46. The lowest BCUT2D eigenvalue weighted by Gasteiger charge is -2.21. The van der Waals surface area contributed by atoms with E-state index in [0.29, 0.717) is 11.6 Å². The van der Waals surface area contributed by atoms with Crippen LogP contribution in [-0.4, -0.2) is 42.0 Å². The van der Waals surface area contributed by atoms with Gasteiger partial charge in [-0.15, -0.1) is 0 Å². The number of carbonyl (C=O) groups is 1. The van der Waals surface area contributed by atoms with Crippen LogP contribution in [0.4, 0.5) is 0 Å². The van der Waals surface area contributed by atoms with Crippen LogP contribution in [0.1, 0.15) is 34.5 Å². The number of likely N-dealkylation sites (tertiary alicyclic amines) is 1. The van der Waals surface area contributed by atoms with Crippen LogP contribution in [0.2, 0.25) is 0 Å². The summed E-state index contributed by atoms with van der Waals surface area (Å²) in [4.78, 5) is 15.8. The summed E-state index contributed by atoms with van der Waals surface area (Å²) in [5.41, 5.74) is 3.71. The van der Waals surface area contributed by atoms with Gasteiger partial charge in [0.25, 0.3) is 0 Å². The predicted molar refractivity (Wildman–Crippen MR) is 109 cm³/mol. The molecule has 0 radical (unpaired) electrons. The Bertz CT molecular complexity index is 972. The van der Waals surface area contributed by atoms with E-state index in [1.54, 1.807) is 7.11 Å². The maximum absolute atomic E-state index is 13.3. The number of aromatic nitrogens is 1. The van der Waals surface area contributed by atoms with Crippen molar-refractivity contribution >= 4 is 16.7 Å². The third-order valence-electron chi connectivity index (χ3n) is 5.87. The van der Waals surface area contributed by atoms with Crippen molar-refractivity contribution in [3.8, 4) is 5.75 Å². The van der Waals surface area contributed by atoms with Crippen LogP contribution in [0.25, 0.3) is 10.9 Å². The Morgan fingerprint density at radius 3 is 2.56 bits per heavy atom. The van der Waals surface area contributed by atoms with Crippen molar-refractivity contribution in [2.75, 3.05) is 20.7 Å². The average Bonchev–Trinajstić information content (AvgIpc) is 3.23. The molecule has 4 nitrogen and oxygen atoms in total. The summed E-state index contributed by atoms with van der Waals surface area (Å²) in [5.74, 6) is 0.833. The van der Waals surface area contributed by atoms with Gasteiger partial charge in [-0.2, -0.15) is 0 Å². The van der Waals surface area contributed by atoms with Gasteiger partial charge in [0.2, 0.25) is 0 Å². The zero-order valence-corrected chi connectivity index (χ0v) is 16.2. The van der Waals surface area contributed by atoms with E-state index >= 15 is 0 Å². The summed E-state index contributed by atoms with van der Waals surface area (Å²) in [5, 5.41) is 1.04. The molecule has 4 heteroatoms. The quantitative estimate of drug-likeness (QED) is 0.635. The second-order valence-corrected chi connectivity index (χ2v) is 7.42. The number of fused-ring (bicyclic) bond motifs is 1. The van der Waals surface area contributed by atoms with Gasteiger partial charge in [-0.3, -0.25) is 4.79 Å². The number of rotatable bonds is 5. The van der Waals surface area contributed by atoms with Gasteiger partial charge in [0.15, 0.2) is 5.78 Å². The highest BCUT2D eigenvalue weighted by molar-refractivity contribution is 6.17. The van der Waals surface area contributed by atoms with Gasteiger partial charge in [-0.05, 0) is 63.7 Å². The molecule has 0 amide bonds. The highest BCUT2D eigenvalue weighted by Gasteiger charge is 2.25. The molecule has 27 heavy (non-hydrogen) atoms. The second-order valence-electron chi connectivity index (χ2n) is 7.42. The molecule has 3 aromatic rings. The largest absolute Gasteiger partial charge is 0.497 e. The number of para-hydroxylation sites is 1. The number of hydrogen-bond donors (Lipinski definition) is 0. The van der Waals surface area contributed by atoms with E-state index < -0.39 is 0 Å². The van der Waals surface area contributed by atoms with Crippen molar-refractivity contribution in [2.45, 2.75) is 32.4 Å². The molecule has 2 heterocycles. The summed E-state index contributed by atoms with van der Waals surface area (Å²) in [7, 11) is 3.83. The molecule has 4 rings (SSSR count). The zero-order chi connectivity index (χ0) is 19.0. The Labute approximate surface area is 160 Å². The van der Waals surface area contributed by atoms with E-state index in [1.807, 2.05) is 30.3 Å². The van der Waals surface area contributed by atoms with Crippen LogP contribution in [0.5, 0.6) is 5.75 Å². The second kappa shape index (κ2) is 7.20. The Morgan fingerprint density at radius 1 is 1.15 bits per heavy atom. The van der Waals surface area contributed by atoms with Gasteiger partial charge in [-0.1, -0.05) is 18.2 Å². The lowest BCUT2D eigenvalue weighted by molar-refractivity contribution is 0.103. The molecule has 1 aliphatic heterocycles. The van der Waals surface area contributed by atoms with E-state index in [1.165, 1.54) is 12.8 Å². The molecule has 0 aliphatic carbocycles. The summed E-state index contributed by atoms with van der Waals surface area (Å²) < 4.78 is 7.55. The maximum atomic E-state index is 13.3. The number of ketones is 1. The molecule has 1 fully saturated rings. The molecule has 0 spiro atoms. The molecule has 0 bridgehead atoms. The Hall–Kier alpha value is -2.59. The monoisotopic (exact) mass is 362 g/mol. The molecule has 1 aromatic heterocycles. The Morgan fingerprint density at radius 2 is 1.89 bits per heavy atom. The highest BCUT2D eigenvalue weighted by atomic mass is 16.5. The minimum Gasteiger partial charge on any atom is -0.497 e. The van der Waals surface area contributed by atoms with E-state index in [2.05, 4.69) is 41.6 Å². The fraction of sp³-hybridized carbons (Fsp3) is 0.348. The van der Waals surface area contributed by atoms with Crippen molar-refractivity contribution in [3.63, 3.8) is 0 Å². The molecular formula is C23H26N2O2. The van der Waals surface area contributed by atoms with Gasteiger partial charge >= 0.3 is 0 Å². The first-order chi connectivity index (χ1) is 13.1. The molecule has 0 saturated carbocycles. The Kier molecular flexibility index (Phi) is 4.75. The number of hydrogen-bond acceptors (Lipinski definition) is 3. The van der Waals surface area contributed by atoms with Gasteiger partial charge in [-0.25, -0.2) is 0 Å². The third kappa shape index (κ3) is 3.15. The van der Waals surface area contributed by atoms with Gasteiger partial charge in [0.1, 0.15) is 5.75 Å². The highest BCUT2D eigenvalue weighted by Crippen LogP contribution is 2.30. The summed E-state index contributed by atoms with van der Waals surface area (Å²) in [6, 6.07) is 16.2. The first kappa shape index (κ1) is 17.8. The lowest BCUT2D eigenvalue weighted by atomic mass is 10.0. The van der Waals surface area contributed by atoms with E-state index in [4.69, 9.17) is 4.74 Å². The molecule has 1 aliphatic rings. The SMILES string of the molecule is COc1ccc(C(=O)c2c(C)n(C[C@H]3CCCN3C)c3ccccc23)cc1. The number of likely N-dealkylation sites (N-methyl/N-ethyl adjacent to an activating group) is 1. The number of methoxy groups -OCH3 is 1. The smallest absolute Gasteiger partial charge is 0.195 e. The van der Waals surface area contributed by atoms with E-state index in [0.717, 1.165) is 41.0 Å². The predicted octanol–water partition coefficient (Wildman–Crippen LogP) is 4.28. The number of nitrogens with zero attached hydrogens (tertiary/aromatic N) is 2. The molecule has 1 atom stereocenters. The molecule has 140 valence electrons. The molecule has 2 aromatic carbocycles. The maximum Gasteiger partial charge on any atom is 0.195 e. The van der Waals surface area contributed by atoms with Crippen LogP contribution in [0.3, 0.4) is 0 Å². The third-order valence-corrected chi connectivity index (χ3v) is 5.87. The van der Waals surface area contributed by atoms with E-state index in [9.17, 15) is 4.79 Å². The molecule has 0 N–H and O–H groups in total. The Balaban J connectivity index is 1.78. The lowest BCUT2D eigenvalue weighted by Crippen LogP contribution is -2.29. The normalized spacial score (nSPS) is 17.5. The van der Waals surface area contributed by atoms with Crippen LogP contribution < -0.4 is 4.74 Å². The fourth-order valence-corrected chi connectivity index (χ4v) is 4.26. The van der Waals surface area contributed by atoms with Crippen LogP contribution >= 0.6 is 0 Å². The first-order valence-electron chi connectivity index (χ1n) is 9.57. The van der Waals surface area contributed by atoms with Gasteiger partial charge in [0, 0.05) is 34.7 Å². The van der Waals surface area contributed by atoms with Crippen molar-refractivity contribution in [1.29, 1.82) is 0 Å². The zero-order valence-electron chi connectivity index (χ0n) is 16.2. The first-order valence-corrected chi connectivity index (χ1v) is 9.57. The minimum atomic E-state index is 0.0740. The number of benzene rings is 2. The minimum absolute atomic E-state index is 0.0740.